The molecule has 0 unspecified atom stereocenters. The molecule has 0 radical (unpaired) electrons. The van der Waals surface area contributed by atoms with Crippen LogP contribution in [-0.4, -0.2) is 22.6 Å². The lowest BCUT2D eigenvalue weighted by Gasteiger charge is -2.51. The van der Waals surface area contributed by atoms with Crippen LogP contribution in [0.2, 0.25) is 0 Å². The Hall–Kier alpha value is -1.61. The van der Waals surface area contributed by atoms with Gasteiger partial charge in [0.15, 0.2) is 5.78 Å². The van der Waals surface area contributed by atoms with Gasteiger partial charge in [0, 0.05) is 5.41 Å². The number of phenols is 1. The third-order valence-electron chi connectivity index (χ3n) is 6.14. The topological polar surface area (TPSA) is 57.5 Å². The van der Waals surface area contributed by atoms with Crippen LogP contribution in [0.4, 0.5) is 0 Å². The lowest BCUT2D eigenvalue weighted by atomic mass is 9.51. The molecule has 2 N–H and O–H groups in total. The van der Waals surface area contributed by atoms with Crippen LogP contribution in [-0.2, 0) is 16.6 Å². The predicted octanol–water partition coefficient (Wildman–Crippen LogP) is 3.47. The molecule has 1 aromatic rings. The summed E-state index contributed by atoms with van der Waals surface area (Å²) in [6, 6.07) is 3.78. The van der Waals surface area contributed by atoms with Crippen LogP contribution in [0.15, 0.2) is 24.3 Å². The molecule has 0 spiro atoms. The normalized spacial score (nSPS) is 32.8. The molecule has 0 aliphatic heterocycles. The zero-order chi connectivity index (χ0) is 17.0. The minimum atomic E-state index is -0.725. The summed E-state index contributed by atoms with van der Waals surface area (Å²) in [5, 5.41) is 20.2. The molecule has 2 aliphatic carbocycles. The molecule has 1 aromatic carbocycles. The smallest absolute Gasteiger partial charge is 0.163 e. The van der Waals surface area contributed by atoms with Crippen molar-refractivity contribution in [1.82, 2.24) is 0 Å². The molecule has 23 heavy (non-hydrogen) atoms. The van der Waals surface area contributed by atoms with Gasteiger partial charge in [0.2, 0.25) is 0 Å². The summed E-state index contributed by atoms with van der Waals surface area (Å²) in [7, 11) is 0. The highest BCUT2D eigenvalue weighted by atomic mass is 16.3. The summed E-state index contributed by atoms with van der Waals surface area (Å²) < 4.78 is 0. The van der Waals surface area contributed by atoms with E-state index in [0.29, 0.717) is 5.75 Å². The first kappa shape index (κ1) is 16.3. The maximum absolute atomic E-state index is 12.4. The molecule has 124 valence electrons. The third-order valence-corrected chi connectivity index (χ3v) is 6.14. The Balaban J connectivity index is 2.24. The summed E-state index contributed by atoms with van der Waals surface area (Å²) in [6.45, 7) is 8.12. The second kappa shape index (κ2) is 5.20. The number of ketones is 1. The summed E-state index contributed by atoms with van der Waals surface area (Å²) in [4.78, 5) is 12.4. The maximum atomic E-state index is 12.4. The van der Waals surface area contributed by atoms with Crippen molar-refractivity contribution in [3.63, 3.8) is 0 Å². The van der Waals surface area contributed by atoms with Crippen LogP contribution in [0.1, 0.15) is 56.7 Å². The van der Waals surface area contributed by atoms with Crippen molar-refractivity contribution < 1.29 is 15.0 Å². The quantitative estimate of drug-likeness (QED) is 0.879. The molecule has 3 heteroatoms. The van der Waals surface area contributed by atoms with E-state index in [-0.39, 0.29) is 29.6 Å². The number of phenolic OH excluding ortho intramolecular Hbond substituents is 1. The number of carbonyl (C=O) groups excluding carboxylic acids is 1. The van der Waals surface area contributed by atoms with E-state index >= 15 is 0 Å². The molecule has 3 rings (SSSR count). The molecular weight excluding hydrogens is 288 g/mol. The number of carbonyl (C=O) groups is 1. The monoisotopic (exact) mass is 314 g/mol. The fourth-order valence-corrected chi connectivity index (χ4v) is 4.83. The van der Waals surface area contributed by atoms with Crippen molar-refractivity contribution >= 4 is 5.78 Å². The van der Waals surface area contributed by atoms with E-state index in [0.717, 1.165) is 18.4 Å². The van der Waals surface area contributed by atoms with Crippen LogP contribution >= 0.6 is 0 Å². The number of hydrogen-bond acceptors (Lipinski definition) is 3. The van der Waals surface area contributed by atoms with Crippen LogP contribution in [0, 0.1) is 11.3 Å². The zero-order valence-corrected chi connectivity index (χ0v) is 14.4. The van der Waals surface area contributed by atoms with Crippen molar-refractivity contribution in [3.8, 4) is 5.75 Å². The Labute approximate surface area is 138 Å². The lowest BCUT2D eigenvalue weighted by molar-refractivity contribution is -0.132. The lowest BCUT2D eigenvalue weighted by Crippen LogP contribution is -2.52. The first-order valence-electron chi connectivity index (χ1n) is 8.45. The first-order chi connectivity index (χ1) is 10.8. The fourth-order valence-electron chi connectivity index (χ4n) is 4.83. The van der Waals surface area contributed by atoms with Gasteiger partial charge < -0.3 is 10.2 Å². The molecule has 0 amide bonds. The van der Waals surface area contributed by atoms with E-state index in [9.17, 15) is 15.0 Å². The molecule has 0 bridgehead atoms. The number of rotatable bonds is 2. The van der Waals surface area contributed by atoms with Gasteiger partial charge in [0.1, 0.15) is 5.75 Å². The van der Waals surface area contributed by atoms with Gasteiger partial charge in [-0.05, 0) is 60.4 Å². The van der Waals surface area contributed by atoms with Crippen molar-refractivity contribution in [2.24, 2.45) is 11.3 Å². The molecule has 3 nitrogen and oxygen atoms in total. The van der Waals surface area contributed by atoms with Gasteiger partial charge in [-0.3, -0.25) is 4.79 Å². The summed E-state index contributed by atoms with van der Waals surface area (Å²) in [5.41, 5.74) is 2.43. The SMILES string of the molecule is CC(C)c1c(O)ccc2c1CC[C@H]1[C@@](C)(CO)C(=O)C=C[C@]21C. The van der Waals surface area contributed by atoms with E-state index in [1.165, 1.54) is 11.1 Å². The van der Waals surface area contributed by atoms with Gasteiger partial charge in [0.25, 0.3) is 0 Å². The molecule has 0 saturated carbocycles. The minimum absolute atomic E-state index is 0.0220. The summed E-state index contributed by atoms with van der Waals surface area (Å²) in [5.74, 6) is 0.716. The van der Waals surface area contributed by atoms with E-state index in [2.05, 4.69) is 20.8 Å². The molecule has 0 fully saturated rings. The first-order valence-corrected chi connectivity index (χ1v) is 8.45. The highest BCUT2D eigenvalue weighted by Crippen LogP contribution is 2.54. The van der Waals surface area contributed by atoms with E-state index in [4.69, 9.17) is 0 Å². The molecule has 2 aliphatic rings. The Morgan fingerprint density at radius 1 is 1.30 bits per heavy atom. The molecule has 0 heterocycles. The second-order valence-corrected chi connectivity index (χ2v) is 7.83. The number of aromatic hydroxyl groups is 1. The number of benzene rings is 1. The van der Waals surface area contributed by atoms with Crippen molar-refractivity contribution in [2.75, 3.05) is 6.61 Å². The van der Waals surface area contributed by atoms with Gasteiger partial charge in [-0.25, -0.2) is 0 Å². The molecule has 0 aromatic heterocycles. The minimum Gasteiger partial charge on any atom is -0.508 e. The largest absolute Gasteiger partial charge is 0.508 e. The standard InChI is InChI=1S/C20H26O3/c1-12(2)18-13-5-8-16-19(3,14(13)6-7-15(18)22)10-9-17(23)20(16,4)11-21/h6-7,9-10,12,16,21-22H,5,8,11H2,1-4H3/t16-,19-,20-/m1/s1. The van der Waals surface area contributed by atoms with Crippen LogP contribution < -0.4 is 0 Å². The molecular formula is C20H26O3. The van der Waals surface area contributed by atoms with Gasteiger partial charge in [0.05, 0.1) is 12.0 Å². The number of aliphatic hydroxyl groups excluding tert-OH is 1. The Morgan fingerprint density at radius 3 is 2.61 bits per heavy atom. The Bertz CT molecular complexity index is 688. The molecule has 3 atom stereocenters. The van der Waals surface area contributed by atoms with Crippen molar-refractivity contribution in [2.45, 2.75) is 51.9 Å². The van der Waals surface area contributed by atoms with Gasteiger partial charge in [-0.15, -0.1) is 0 Å². The van der Waals surface area contributed by atoms with Gasteiger partial charge >= 0.3 is 0 Å². The van der Waals surface area contributed by atoms with Crippen LogP contribution in [0.5, 0.6) is 5.75 Å². The Kier molecular flexibility index (Phi) is 3.68. The average molecular weight is 314 g/mol. The van der Waals surface area contributed by atoms with E-state index < -0.39 is 5.41 Å². The van der Waals surface area contributed by atoms with Gasteiger partial charge in [-0.1, -0.05) is 32.9 Å². The number of hydrogen-bond donors (Lipinski definition) is 2. The van der Waals surface area contributed by atoms with Crippen molar-refractivity contribution in [1.29, 1.82) is 0 Å². The van der Waals surface area contributed by atoms with Crippen molar-refractivity contribution in [3.05, 3.63) is 41.0 Å². The summed E-state index contributed by atoms with van der Waals surface area (Å²) in [6.07, 6.45) is 5.34. The highest BCUT2D eigenvalue weighted by Gasteiger charge is 2.53. The van der Waals surface area contributed by atoms with Crippen LogP contribution in [0.25, 0.3) is 0 Å². The Morgan fingerprint density at radius 2 is 2.00 bits per heavy atom. The predicted molar refractivity (Wildman–Crippen MR) is 90.7 cm³/mol. The third kappa shape index (κ3) is 2.09. The number of aliphatic hydroxyl groups is 1. The summed E-state index contributed by atoms with van der Waals surface area (Å²) >= 11 is 0. The number of allylic oxidation sites excluding steroid dienone is 2. The van der Waals surface area contributed by atoms with E-state index in [1.807, 2.05) is 19.1 Å². The molecule has 0 saturated heterocycles. The van der Waals surface area contributed by atoms with Gasteiger partial charge in [-0.2, -0.15) is 0 Å². The average Bonchev–Trinajstić information content (AvgIpc) is 2.50. The number of fused-ring (bicyclic) bond motifs is 3. The fraction of sp³-hybridized carbons (Fsp3) is 0.550. The van der Waals surface area contributed by atoms with E-state index in [1.54, 1.807) is 12.1 Å². The zero-order valence-electron chi connectivity index (χ0n) is 14.4. The van der Waals surface area contributed by atoms with Crippen LogP contribution in [0.3, 0.4) is 0 Å². The second-order valence-electron chi connectivity index (χ2n) is 7.83. The highest BCUT2D eigenvalue weighted by molar-refractivity contribution is 5.96. The maximum Gasteiger partial charge on any atom is 0.163 e.